The Hall–Kier alpha value is -1.26. The van der Waals surface area contributed by atoms with Crippen LogP contribution in [-0.4, -0.2) is 16.7 Å². The summed E-state index contributed by atoms with van der Waals surface area (Å²) in [7, 11) is 0. The van der Waals surface area contributed by atoms with Crippen molar-refractivity contribution in [1.82, 2.24) is 4.98 Å². The van der Waals surface area contributed by atoms with E-state index in [0.717, 1.165) is 9.88 Å². The molecule has 0 aliphatic rings. The summed E-state index contributed by atoms with van der Waals surface area (Å²) in [6.07, 6.45) is 0. The Morgan fingerprint density at radius 1 is 1.33 bits per heavy atom. The van der Waals surface area contributed by atoms with Gasteiger partial charge in [-0.15, -0.1) is 11.3 Å². The van der Waals surface area contributed by atoms with Gasteiger partial charge in [0.1, 0.15) is 10.8 Å². The third-order valence-corrected chi connectivity index (χ3v) is 4.24. The van der Waals surface area contributed by atoms with Gasteiger partial charge in [-0.05, 0) is 19.1 Å². The average molecular weight is 265 g/mol. The Bertz CT molecular complexity index is 563. The van der Waals surface area contributed by atoms with E-state index < -0.39 is 0 Å². The molecule has 1 aromatic carbocycles. The third-order valence-electron chi connectivity index (χ3n) is 2.90. The van der Waals surface area contributed by atoms with Crippen LogP contribution in [0.1, 0.15) is 23.7 Å². The normalized spacial score (nSPS) is 11.8. The fourth-order valence-electron chi connectivity index (χ4n) is 1.66. The number of aryl methyl sites for hydroxylation is 1. The first-order valence-electron chi connectivity index (χ1n) is 5.79. The van der Waals surface area contributed by atoms with Crippen LogP contribution in [0.5, 0.6) is 0 Å². The highest BCUT2D eigenvalue weighted by Gasteiger charge is 2.25. The van der Waals surface area contributed by atoms with Crippen LogP contribution in [0, 0.1) is 12.7 Å². The lowest BCUT2D eigenvalue weighted by molar-refractivity contribution is 0.218. The Labute approximate surface area is 110 Å². The van der Waals surface area contributed by atoms with Gasteiger partial charge in [0.2, 0.25) is 0 Å². The fraction of sp³-hybridized carbons (Fsp3) is 0.357. The van der Waals surface area contributed by atoms with E-state index in [1.165, 1.54) is 17.4 Å². The third kappa shape index (κ3) is 2.31. The van der Waals surface area contributed by atoms with E-state index in [0.29, 0.717) is 11.3 Å². The minimum Gasteiger partial charge on any atom is -0.395 e. The molecule has 0 aliphatic heterocycles. The topological polar surface area (TPSA) is 33.1 Å². The molecule has 1 heterocycles. The van der Waals surface area contributed by atoms with Crippen LogP contribution >= 0.6 is 11.3 Å². The van der Waals surface area contributed by atoms with Crippen LogP contribution in [0.25, 0.3) is 11.3 Å². The van der Waals surface area contributed by atoms with Gasteiger partial charge in [0.05, 0.1) is 12.3 Å². The van der Waals surface area contributed by atoms with Crippen molar-refractivity contribution in [2.75, 3.05) is 6.61 Å². The summed E-state index contributed by atoms with van der Waals surface area (Å²) in [6, 6.07) is 6.63. The predicted octanol–water partition coefficient (Wildman–Crippen LogP) is 3.53. The second-order valence-corrected chi connectivity index (χ2v) is 6.15. The Morgan fingerprint density at radius 2 is 2.00 bits per heavy atom. The number of hydrogen-bond donors (Lipinski definition) is 1. The highest BCUT2D eigenvalue weighted by molar-refractivity contribution is 7.12. The number of thiazole rings is 1. The molecular formula is C14H16FNOS. The number of nitrogens with zero attached hydrogens (tertiary/aromatic N) is 1. The molecule has 0 saturated carbocycles. The summed E-state index contributed by atoms with van der Waals surface area (Å²) in [5, 5.41) is 10.2. The molecule has 0 radical (unpaired) electrons. The lowest BCUT2D eigenvalue weighted by atomic mass is 9.96. The van der Waals surface area contributed by atoms with Crippen LogP contribution in [0.4, 0.5) is 4.39 Å². The number of aliphatic hydroxyl groups is 1. The van der Waals surface area contributed by atoms with Crippen molar-refractivity contribution in [3.8, 4) is 11.3 Å². The summed E-state index contributed by atoms with van der Waals surface area (Å²) in [4.78, 5) is 5.47. The van der Waals surface area contributed by atoms with Crippen molar-refractivity contribution in [2.24, 2.45) is 0 Å². The number of rotatable bonds is 3. The molecule has 2 nitrogen and oxygen atoms in total. The summed E-state index contributed by atoms with van der Waals surface area (Å²) in [6.45, 7) is 5.81. The molecule has 0 unspecified atom stereocenters. The first-order valence-corrected chi connectivity index (χ1v) is 6.61. The largest absolute Gasteiger partial charge is 0.395 e. The number of halogens is 1. The van der Waals surface area contributed by atoms with Gasteiger partial charge in [0.15, 0.2) is 0 Å². The zero-order valence-corrected chi connectivity index (χ0v) is 11.5. The van der Waals surface area contributed by atoms with E-state index in [2.05, 4.69) is 4.98 Å². The van der Waals surface area contributed by atoms with E-state index in [1.54, 1.807) is 18.2 Å². The molecule has 18 heavy (non-hydrogen) atoms. The van der Waals surface area contributed by atoms with Crippen molar-refractivity contribution in [1.29, 1.82) is 0 Å². The molecule has 0 fully saturated rings. The van der Waals surface area contributed by atoms with Gasteiger partial charge >= 0.3 is 0 Å². The smallest absolute Gasteiger partial charge is 0.132 e. The maximum absolute atomic E-state index is 13.8. The highest BCUT2D eigenvalue weighted by Crippen LogP contribution is 2.34. The summed E-state index contributed by atoms with van der Waals surface area (Å²) in [5.41, 5.74) is 0.805. The van der Waals surface area contributed by atoms with E-state index in [9.17, 15) is 9.50 Å². The maximum atomic E-state index is 13.8. The zero-order valence-electron chi connectivity index (χ0n) is 10.7. The molecule has 0 spiro atoms. The summed E-state index contributed by atoms with van der Waals surface area (Å²) >= 11 is 1.51. The lowest BCUT2D eigenvalue weighted by Gasteiger charge is -2.17. The zero-order chi connectivity index (χ0) is 13.3. The average Bonchev–Trinajstić information content (AvgIpc) is 2.73. The van der Waals surface area contributed by atoms with Gasteiger partial charge in [-0.25, -0.2) is 9.37 Å². The number of benzene rings is 1. The van der Waals surface area contributed by atoms with Gasteiger partial charge < -0.3 is 5.11 Å². The number of aliphatic hydroxyl groups excluding tert-OH is 1. The molecule has 0 aliphatic carbocycles. The molecular weight excluding hydrogens is 249 g/mol. The lowest BCUT2D eigenvalue weighted by Crippen LogP contribution is -2.21. The van der Waals surface area contributed by atoms with Gasteiger partial charge in [0, 0.05) is 15.9 Å². The van der Waals surface area contributed by atoms with Crippen LogP contribution in [0.3, 0.4) is 0 Å². The van der Waals surface area contributed by atoms with E-state index in [1.807, 2.05) is 20.8 Å². The Balaban J connectivity index is 2.52. The Morgan fingerprint density at radius 3 is 2.61 bits per heavy atom. The van der Waals surface area contributed by atoms with E-state index in [-0.39, 0.29) is 17.8 Å². The highest BCUT2D eigenvalue weighted by atomic mass is 32.1. The standard InChI is InChI=1S/C14H16FNOS/c1-9-12(10-6-4-5-7-11(10)15)16-13(18-9)14(2,3)8-17/h4-7,17H,8H2,1-3H3. The van der Waals surface area contributed by atoms with Gasteiger partial charge in [-0.3, -0.25) is 0 Å². The summed E-state index contributed by atoms with van der Waals surface area (Å²) < 4.78 is 13.8. The van der Waals surface area contributed by atoms with Gasteiger partial charge in [-0.1, -0.05) is 26.0 Å². The first kappa shape index (κ1) is 13.2. The molecule has 2 rings (SSSR count). The minimum absolute atomic E-state index is 0.0245. The van der Waals surface area contributed by atoms with Crippen molar-refractivity contribution in [3.63, 3.8) is 0 Å². The van der Waals surface area contributed by atoms with Crippen LogP contribution < -0.4 is 0 Å². The molecule has 0 amide bonds. The van der Waals surface area contributed by atoms with Crippen molar-refractivity contribution >= 4 is 11.3 Å². The number of aromatic nitrogens is 1. The molecule has 96 valence electrons. The minimum atomic E-state index is -0.390. The molecule has 0 bridgehead atoms. The van der Waals surface area contributed by atoms with Gasteiger partial charge in [-0.2, -0.15) is 0 Å². The van der Waals surface area contributed by atoms with Crippen molar-refractivity contribution in [2.45, 2.75) is 26.2 Å². The second kappa shape index (κ2) is 4.78. The molecule has 0 atom stereocenters. The van der Waals surface area contributed by atoms with E-state index in [4.69, 9.17) is 0 Å². The van der Waals surface area contributed by atoms with Crippen molar-refractivity contribution in [3.05, 3.63) is 40.0 Å². The monoisotopic (exact) mass is 265 g/mol. The Kier molecular flexibility index (Phi) is 3.50. The SMILES string of the molecule is Cc1sc(C(C)(C)CO)nc1-c1ccccc1F. The van der Waals surface area contributed by atoms with Crippen molar-refractivity contribution < 1.29 is 9.50 Å². The molecule has 1 aromatic heterocycles. The molecule has 1 N–H and O–H groups in total. The molecule has 4 heteroatoms. The second-order valence-electron chi connectivity index (χ2n) is 4.95. The van der Waals surface area contributed by atoms with Crippen LogP contribution in [0.15, 0.2) is 24.3 Å². The summed E-state index contributed by atoms with van der Waals surface area (Å²) in [5.74, 6) is -0.265. The fourth-order valence-corrected chi connectivity index (χ4v) is 2.68. The predicted molar refractivity (Wildman–Crippen MR) is 72.4 cm³/mol. The van der Waals surface area contributed by atoms with Crippen LogP contribution in [0.2, 0.25) is 0 Å². The maximum Gasteiger partial charge on any atom is 0.132 e. The first-order chi connectivity index (χ1) is 8.45. The van der Waals surface area contributed by atoms with E-state index >= 15 is 0 Å². The molecule has 0 saturated heterocycles. The van der Waals surface area contributed by atoms with Gasteiger partial charge in [0.25, 0.3) is 0 Å². The quantitative estimate of drug-likeness (QED) is 0.921. The number of hydrogen-bond acceptors (Lipinski definition) is 3. The van der Waals surface area contributed by atoms with Crippen LogP contribution in [-0.2, 0) is 5.41 Å². The molecule has 2 aromatic rings.